The van der Waals surface area contributed by atoms with Crippen LogP contribution in [0.4, 0.5) is 0 Å². The molecule has 148 valence electrons. The second kappa shape index (κ2) is 8.87. The van der Waals surface area contributed by atoms with Crippen LogP contribution < -0.4 is 4.74 Å². The number of carbonyl (C=O) groups is 1. The van der Waals surface area contributed by atoms with Crippen LogP contribution in [-0.2, 0) is 30.5 Å². The summed E-state index contributed by atoms with van der Waals surface area (Å²) in [5.41, 5.74) is 9.67. The van der Waals surface area contributed by atoms with Gasteiger partial charge >= 0.3 is 174 Å². The molecular weight excluding hydrogens is 407 g/mol. The molecule has 2 nitrogen and oxygen atoms in total. The molecule has 0 heterocycles. The number of aryl methyl sites for hydroxylation is 2. The first-order chi connectivity index (χ1) is 13.6. The van der Waals surface area contributed by atoms with E-state index < -0.39 is 14.7 Å². The molecule has 0 aliphatic heterocycles. The van der Waals surface area contributed by atoms with Crippen LogP contribution >= 0.6 is 0 Å². The van der Waals surface area contributed by atoms with Gasteiger partial charge in [0, 0.05) is 0 Å². The first-order valence-electron chi connectivity index (χ1n) is 10.6. The number of rotatable bonds is 6. The van der Waals surface area contributed by atoms with E-state index in [1.807, 2.05) is 0 Å². The maximum absolute atomic E-state index is 11.8. The SMILES string of the molecule is COc1cccc2c1CCCC2C[As](C)CCc1ccc2c(c1)CC(=O)CC2. The van der Waals surface area contributed by atoms with Crippen molar-refractivity contribution in [1.29, 1.82) is 0 Å². The van der Waals surface area contributed by atoms with Crippen LogP contribution in [0.2, 0.25) is 16.1 Å². The van der Waals surface area contributed by atoms with Gasteiger partial charge in [-0.25, -0.2) is 0 Å². The third-order valence-electron chi connectivity index (χ3n) is 6.45. The summed E-state index contributed by atoms with van der Waals surface area (Å²) in [4.78, 5) is 11.8. The fraction of sp³-hybridized carbons (Fsp3) is 0.480. The Morgan fingerprint density at radius 1 is 1.11 bits per heavy atom. The molecule has 3 heteroatoms. The van der Waals surface area contributed by atoms with Gasteiger partial charge < -0.3 is 0 Å². The number of hydrogen-bond acceptors (Lipinski definition) is 2. The zero-order valence-corrected chi connectivity index (χ0v) is 19.0. The molecule has 4 rings (SSSR count). The van der Waals surface area contributed by atoms with Crippen molar-refractivity contribution in [1.82, 2.24) is 0 Å². The van der Waals surface area contributed by atoms with E-state index in [-0.39, 0.29) is 0 Å². The van der Waals surface area contributed by atoms with E-state index in [0.717, 1.165) is 24.5 Å². The van der Waals surface area contributed by atoms with E-state index in [0.29, 0.717) is 12.2 Å². The van der Waals surface area contributed by atoms with Crippen LogP contribution in [0.3, 0.4) is 0 Å². The van der Waals surface area contributed by atoms with Gasteiger partial charge in [-0.2, -0.15) is 0 Å². The molecule has 2 aromatic carbocycles. The summed E-state index contributed by atoms with van der Waals surface area (Å²) in [6, 6.07) is 13.5. The Morgan fingerprint density at radius 2 is 2.00 bits per heavy atom. The van der Waals surface area contributed by atoms with Crippen molar-refractivity contribution in [3.63, 3.8) is 0 Å². The number of hydrogen-bond donors (Lipinski definition) is 0. The van der Waals surface area contributed by atoms with Gasteiger partial charge in [0.05, 0.1) is 0 Å². The normalized spacial score (nSPS) is 19.6. The summed E-state index contributed by atoms with van der Waals surface area (Å²) in [6.45, 7) is 0. The number of ketones is 1. The first kappa shape index (κ1) is 19.8. The van der Waals surface area contributed by atoms with Gasteiger partial charge in [-0.15, -0.1) is 0 Å². The fourth-order valence-electron chi connectivity index (χ4n) is 4.90. The van der Waals surface area contributed by atoms with Crippen molar-refractivity contribution in [2.45, 2.75) is 67.0 Å². The van der Waals surface area contributed by atoms with E-state index in [9.17, 15) is 4.79 Å². The molecule has 0 amide bonds. The predicted octanol–water partition coefficient (Wildman–Crippen LogP) is 5.54. The molecule has 0 fully saturated rings. The third-order valence-corrected chi connectivity index (χ3v) is 10.8. The Kier molecular flexibility index (Phi) is 6.26. The summed E-state index contributed by atoms with van der Waals surface area (Å²) in [6.07, 6.45) is 7.28. The number of fused-ring (bicyclic) bond motifs is 2. The van der Waals surface area contributed by atoms with E-state index in [1.54, 1.807) is 12.7 Å². The van der Waals surface area contributed by atoms with Crippen LogP contribution in [0.15, 0.2) is 36.4 Å². The molecule has 2 aromatic rings. The van der Waals surface area contributed by atoms with Crippen LogP contribution in [0, 0.1) is 0 Å². The van der Waals surface area contributed by atoms with Gasteiger partial charge in [-0.05, 0) is 0 Å². The summed E-state index contributed by atoms with van der Waals surface area (Å²) >= 11 is -0.853. The quantitative estimate of drug-likeness (QED) is 0.554. The summed E-state index contributed by atoms with van der Waals surface area (Å²) < 4.78 is 5.61. The Hall–Kier alpha value is -1.53. The van der Waals surface area contributed by atoms with Crippen molar-refractivity contribution in [2.75, 3.05) is 7.11 Å². The summed E-state index contributed by atoms with van der Waals surface area (Å²) in [7, 11) is 1.79. The van der Waals surface area contributed by atoms with Gasteiger partial charge in [0.2, 0.25) is 0 Å². The van der Waals surface area contributed by atoms with Crippen molar-refractivity contribution < 1.29 is 9.53 Å². The fourth-order valence-corrected chi connectivity index (χ4v) is 9.00. The molecule has 0 spiro atoms. The third kappa shape index (κ3) is 4.38. The average molecular weight is 438 g/mol. The van der Waals surface area contributed by atoms with Gasteiger partial charge in [-0.3, -0.25) is 0 Å². The minimum atomic E-state index is -0.853. The molecule has 2 atom stereocenters. The van der Waals surface area contributed by atoms with Crippen molar-refractivity contribution >= 4 is 20.4 Å². The van der Waals surface area contributed by atoms with Crippen LogP contribution in [0.5, 0.6) is 5.75 Å². The van der Waals surface area contributed by atoms with Crippen LogP contribution in [0.1, 0.15) is 53.0 Å². The maximum atomic E-state index is 11.8. The molecule has 2 unspecified atom stereocenters. The molecule has 0 aromatic heterocycles. The van der Waals surface area contributed by atoms with Crippen molar-refractivity contribution in [2.24, 2.45) is 0 Å². The minimum absolute atomic E-state index is 0.402. The van der Waals surface area contributed by atoms with Crippen molar-refractivity contribution in [3.8, 4) is 5.75 Å². The number of methoxy groups -OCH3 is 1. The monoisotopic (exact) mass is 438 g/mol. The second-order valence-corrected chi connectivity index (χ2v) is 13.7. The number of ether oxygens (including phenoxy) is 1. The molecule has 0 saturated heterocycles. The molecule has 2 aliphatic carbocycles. The first-order valence-corrected chi connectivity index (χ1v) is 15.1. The molecule has 0 saturated carbocycles. The Bertz CT molecular complexity index is 858. The van der Waals surface area contributed by atoms with E-state index in [4.69, 9.17) is 4.74 Å². The Morgan fingerprint density at radius 3 is 2.86 bits per heavy atom. The Labute approximate surface area is 173 Å². The zero-order chi connectivity index (χ0) is 19.5. The van der Waals surface area contributed by atoms with Gasteiger partial charge in [0.15, 0.2) is 0 Å². The standard InChI is InChI=1S/C25H31AsO2/c1-26(14-13-18-9-10-19-11-12-22(27)16-21(19)15-18)17-20-5-3-7-24-23(20)6-4-8-25(24)28-2/h4,6,8-10,15,20H,3,5,7,11-14,16-17H2,1-2H3. The summed E-state index contributed by atoms with van der Waals surface area (Å²) in [5, 5.41) is 2.76. The molecule has 0 bridgehead atoms. The molecule has 2 aliphatic rings. The predicted molar refractivity (Wildman–Crippen MR) is 117 cm³/mol. The number of benzene rings is 2. The van der Waals surface area contributed by atoms with Gasteiger partial charge in [0.1, 0.15) is 0 Å². The van der Waals surface area contributed by atoms with Crippen LogP contribution in [0.25, 0.3) is 0 Å². The number of Topliss-reactive ketones (excluding diaryl/α,β-unsaturated/α-hetero) is 1. The Balaban J connectivity index is 1.38. The van der Waals surface area contributed by atoms with Gasteiger partial charge in [-0.1, -0.05) is 0 Å². The van der Waals surface area contributed by atoms with Crippen LogP contribution in [-0.4, -0.2) is 27.5 Å². The van der Waals surface area contributed by atoms with E-state index in [2.05, 4.69) is 42.1 Å². The van der Waals surface area contributed by atoms with Crippen molar-refractivity contribution in [3.05, 3.63) is 64.2 Å². The molecule has 0 N–H and O–H groups in total. The molecule has 0 radical (unpaired) electrons. The zero-order valence-electron chi connectivity index (χ0n) is 17.2. The van der Waals surface area contributed by atoms with Gasteiger partial charge in [0.25, 0.3) is 0 Å². The topological polar surface area (TPSA) is 26.3 Å². The summed E-state index contributed by atoms with van der Waals surface area (Å²) in [5.74, 6) is 2.21. The van der Waals surface area contributed by atoms with E-state index >= 15 is 0 Å². The van der Waals surface area contributed by atoms with E-state index in [1.165, 1.54) is 58.4 Å². The second-order valence-electron chi connectivity index (χ2n) is 8.45. The molecule has 28 heavy (non-hydrogen) atoms. The number of carbonyl (C=O) groups excluding carboxylic acids is 1. The average Bonchev–Trinajstić information content (AvgIpc) is 2.71. The molecular formula is C25H31AsO2.